The van der Waals surface area contributed by atoms with Crippen molar-refractivity contribution < 1.29 is 19.8 Å². The van der Waals surface area contributed by atoms with Crippen molar-refractivity contribution in [3.63, 3.8) is 0 Å². The van der Waals surface area contributed by atoms with E-state index in [0.717, 1.165) is 19.3 Å². The Labute approximate surface area is 111 Å². The summed E-state index contributed by atoms with van der Waals surface area (Å²) in [6, 6.07) is -0.108. The summed E-state index contributed by atoms with van der Waals surface area (Å²) in [5, 5.41) is 23.4. The van der Waals surface area contributed by atoms with Gasteiger partial charge in [-0.05, 0) is 19.1 Å². The maximum Gasteiger partial charge on any atom is 0.332 e. The number of rotatable bonds is 6. The molecule has 0 aliphatic heterocycles. The first-order valence-corrected chi connectivity index (χ1v) is 7.31. The van der Waals surface area contributed by atoms with Crippen LogP contribution in [-0.4, -0.2) is 52.4 Å². The number of amides is 2. The molecule has 1 rings (SSSR count). The van der Waals surface area contributed by atoms with Crippen LogP contribution in [0.4, 0.5) is 4.79 Å². The fourth-order valence-corrected chi connectivity index (χ4v) is 2.97. The van der Waals surface area contributed by atoms with Gasteiger partial charge in [-0.1, -0.05) is 6.42 Å². The van der Waals surface area contributed by atoms with Crippen LogP contribution < -0.4 is 10.6 Å². The van der Waals surface area contributed by atoms with Gasteiger partial charge in [0.1, 0.15) is 0 Å². The highest BCUT2D eigenvalue weighted by Crippen LogP contribution is 2.28. The first-order valence-electron chi connectivity index (χ1n) is 6.02. The third-order valence-corrected chi connectivity index (χ3v) is 4.23. The lowest BCUT2D eigenvalue weighted by atomic mass is 10.2. The van der Waals surface area contributed by atoms with Crippen LogP contribution in [0.5, 0.6) is 0 Å². The summed E-state index contributed by atoms with van der Waals surface area (Å²) >= 11 is 1.75. The van der Waals surface area contributed by atoms with Crippen LogP contribution in [-0.2, 0) is 4.79 Å². The summed E-state index contributed by atoms with van der Waals surface area (Å²) in [5.41, 5.74) is 0. The van der Waals surface area contributed by atoms with Crippen molar-refractivity contribution in [3.8, 4) is 0 Å². The molecule has 1 fully saturated rings. The number of aliphatic carboxylic acids is 1. The van der Waals surface area contributed by atoms with Gasteiger partial charge in [0.05, 0.1) is 0 Å². The Morgan fingerprint density at radius 2 is 2.17 bits per heavy atom. The van der Waals surface area contributed by atoms with Gasteiger partial charge >= 0.3 is 12.0 Å². The molecular formula is C11H20N2O4S. The monoisotopic (exact) mass is 276 g/mol. The topological polar surface area (TPSA) is 98.7 Å². The minimum Gasteiger partial charge on any atom is -0.479 e. The maximum atomic E-state index is 11.6. The zero-order valence-electron chi connectivity index (χ0n) is 10.4. The van der Waals surface area contributed by atoms with Crippen LogP contribution in [0, 0.1) is 0 Å². The van der Waals surface area contributed by atoms with Crippen LogP contribution >= 0.6 is 11.8 Å². The third-order valence-electron chi connectivity index (χ3n) is 3.06. The molecule has 0 bridgehead atoms. The van der Waals surface area contributed by atoms with Crippen LogP contribution in [0.3, 0.4) is 0 Å². The lowest BCUT2D eigenvalue weighted by molar-refractivity contribution is -0.146. The summed E-state index contributed by atoms with van der Waals surface area (Å²) < 4.78 is 0. The molecular weight excluding hydrogens is 256 g/mol. The molecule has 18 heavy (non-hydrogen) atoms. The summed E-state index contributed by atoms with van der Waals surface area (Å²) in [6.45, 7) is 0.149. The normalized spacial score (nSPS) is 24.6. The molecule has 7 heteroatoms. The average Bonchev–Trinajstić information content (AvgIpc) is 2.75. The molecule has 2 unspecified atom stereocenters. The van der Waals surface area contributed by atoms with E-state index < -0.39 is 12.1 Å². The lowest BCUT2D eigenvalue weighted by Gasteiger charge is -2.19. The molecule has 1 aliphatic rings. The maximum absolute atomic E-state index is 11.6. The molecule has 0 aromatic rings. The highest BCUT2D eigenvalue weighted by atomic mass is 32.2. The Balaban J connectivity index is 2.19. The predicted octanol–water partition coefficient (Wildman–Crippen LogP) is 0.405. The molecule has 1 aliphatic carbocycles. The van der Waals surface area contributed by atoms with Crippen LogP contribution in [0.15, 0.2) is 0 Å². The van der Waals surface area contributed by atoms with Crippen molar-refractivity contribution in [2.75, 3.05) is 12.8 Å². The fourth-order valence-electron chi connectivity index (χ4n) is 2.04. The molecule has 0 aromatic carbocycles. The summed E-state index contributed by atoms with van der Waals surface area (Å²) in [7, 11) is 0. The number of hydrogen-bond acceptors (Lipinski definition) is 4. The number of carbonyl (C=O) groups is 2. The van der Waals surface area contributed by atoms with Crippen LogP contribution in [0.25, 0.3) is 0 Å². The van der Waals surface area contributed by atoms with Gasteiger partial charge in [0, 0.05) is 24.3 Å². The summed E-state index contributed by atoms with van der Waals surface area (Å²) in [6.07, 6.45) is 3.84. The Kier molecular flexibility index (Phi) is 6.28. The van der Waals surface area contributed by atoms with Crippen LogP contribution in [0.1, 0.15) is 25.7 Å². The van der Waals surface area contributed by atoms with Gasteiger partial charge in [0.15, 0.2) is 6.10 Å². The number of thioether (sulfide) groups is 1. The van der Waals surface area contributed by atoms with E-state index in [2.05, 4.69) is 10.6 Å². The SMILES string of the molecule is CSC1CCCC1NC(=O)NCC[C@H](O)C(=O)O. The van der Waals surface area contributed by atoms with E-state index in [4.69, 9.17) is 10.2 Å². The molecule has 3 atom stereocenters. The van der Waals surface area contributed by atoms with E-state index in [1.807, 2.05) is 6.26 Å². The van der Waals surface area contributed by atoms with Gasteiger partial charge in [-0.25, -0.2) is 9.59 Å². The Bertz CT molecular complexity index is 301. The lowest BCUT2D eigenvalue weighted by Crippen LogP contribution is -2.45. The number of hydrogen-bond donors (Lipinski definition) is 4. The minimum atomic E-state index is -1.42. The zero-order chi connectivity index (χ0) is 13.5. The van der Waals surface area contributed by atoms with E-state index in [0.29, 0.717) is 5.25 Å². The molecule has 0 radical (unpaired) electrons. The first kappa shape index (κ1) is 15.1. The minimum absolute atomic E-state index is 0.0133. The summed E-state index contributed by atoms with van der Waals surface area (Å²) in [4.78, 5) is 21.9. The van der Waals surface area contributed by atoms with Gasteiger partial charge in [-0.15, -0.1) is 0 Å². The molecule has 0 spiro atoms. The molecule has 0 saturated heterocycles. The highest BCUT2D eigenvalue weighted by Gasteiger charge is 2.27. The Morgan fingerprint density at radius 1 is 1.44 bits per heavy atom. The Hall–Kier alpha value is -0.950. The molecule has 2 amide bonds. The van der Waals surface area contributed by atoms with Gasteiger partial charge in [0.25, 0.3) is 0 Å². The average molecular weight is 276 g/mol. The molecule has 0 aromatic heterocycles. The van der Waals surface area contributed by atoms with Crippen molar-refractivity contribution in [2.24, 2.45) is 0 Å². The second-order valence-electron chi connectivity index (χ2n) is 4.35. The first-order chi connectivity index (χ1) is 8.54. The predicted molar refractivity (Wildman–Crippen MR) is 69.7 cm³/mol. The van der Waals surface area contributed by atoms with E-state index in [1.165, 1.54) is 0 Å². The number of nitrogens with one attached hydrogen (secondary N) is 2. The highest BCUT2D eigenvalue weighted by molar-refractivity contribution is 7.99. The third kappa shape index (κ3) is 4.73. The van der Waals surface area contributed by atoms with E-state index in [1.54, 1.807) is 11.8 Å². The zero-order valence-corrected chi connectivity index (χ0v) is 11.2. The van der Waals surface area contributed by atoms with Crippen molar-refractivity contribution in [1.29, 1.82) is 0 Å². The number of urea groups is 1. The smallest absolute Gasteiger partial charge is 0.332 e. The second kappa shape index (κ2) is 7.48. The fraction of sp³-hybridized carbons (Fsp3) is 0.818. The van der Waals surface area contributed by atoms with Gasteiger partial charge in [-0.3, -0.25) is 0 Å². The van der Waals surface area contributed by atoms with Gasteiger partial charge in [0.2, 0.25) is 0 Å². The van der Waals surface area contributed by atoms with Gasteiger partial charge < -0.3 is 20.8 Å². The number of carboxylic acid groups (broad SMARTS) is 1. The standard InChI is InChI=1S/C11H20N2O4S/c1-18-9-4-2-3-7(9)13-11(17)12-6-5-8(14)10(15)16/h7-9,14H,2-6H2,1H3,(H,15,16)(H2,12,13,17)/t7?,8-,9?/m0/s1. The molecule has 6 nitrogen and oxygen atoms in total. The molecule has 1 saturated carbocycles. The molecule has 4 N–H and O–H groups in total. The Morgan fingerprint density at radius 3 is 2.78 bits per heavy atom. The second-order valence-corrected chi connectivity index (χ2v) is 5.43. The van der Waals surface area contributed by atoms with Crippen molar-refractivity contribution >= 4 is 23.8 Å². The number of aliphatic hydroxyl groups excluding tert-OH is 1. The molecule has 0 heterocycles. The molecule has 104 valence electrons. The number of carbonyl (C=O) groups excluding carboxylic acids is 1. The van der Waals surface area contributed by atoms with Crippen LogP contribution in [0.2, 0.25) is 0 Å². The van der Waals surface area contributed by atoms with Crippen molar-refractivity contribution in [1.82, 2.24) is 10.6 Å². The van der Waals surface area contributed by atoms with Crippen molar-refractivity contribution in [2.45, 2.75) is 43.1 Å². The van der Waals surface area contributed by atoms with Crippen molar-refractivity contribution in [3.05, 3.63) is 0 Å². The largest absolute Gasteiger partial charge is 0.479 e. The van der Waals surface area contributed by atoms with E-state index in [9.17, 15) is 9.59 Å². The summed E-state index contributed by atoms with van der Waals surface area (Å²) in [5.74, 6) is -1.27. The quantitative estimate of drug-likeness (QED) is 0.563. The number of carboxylic acids is 1. The van der Waals surface area contributed by atoms with E-state index >= 15 is 0 Å². The van der Waals surface area contributed by atoms with E-state index in [-0.39, 0.29) is 25.0 Å². The van der Waals surface area contributed by atoms with Gasteiger partial charge in [-0.2, -0.15) is 11.8 Å². The number of aliphatic hydroxyl groups is 1.